The van der Waals surface area contributed by atoms with Gasteiger partial charge in [-0.1, -0.05) is 35.0 Å². The first kappa shape index (κ1) is 12.4. The molecule has 1 aromatic heterocycles. The van der Waals surface area contributed by atoms with Gasteiger partial charge in [0.2, 0.25) is 0 Å². The lowest BCUT2D eigenvalue weighted by atomic mass is 9.75. The van der Waals surface area contributed by atoms with Crippen LogP contribution in [0.5, 0.6) is 0 Å². The van der Waals surface area contributed by atoms with Gasteiger partial charge in [-0.2, -0.15) is 0 Å². The van der Waals surface area contributed by atoms with Gasteiger partial charge in [0, 0.05) is 18.7 Å². The Hall–Kier alpha value is -1.61. The fourth-order valence-corrected chi connectivity index (χ4v) is 2.73. The maximum atomic E-state index is 5.06. The highest BCUT2D eigenvalue weighted by atomic mass is 16.5. The molecule has 0 spiro atoms. The normalized spacial score (nSPS) is 22.2. The fourth-order valence-electron chi connectivity index (χ4n) is 2.73. The van der Waals surface area contributed by atoms with E-state index in [0.29, 0.717) is 6.04 Å². The molecule has 0 radical (unpaired) electrons. The van der Waals surface area contributed by atoms with Gasteiger partial charge in [-0.15, -0.1) is 0 Å². The van der Waals surface area contributed by atoms with Crippen molar-refractivity contribution in [3.8, 4) is 0 Å². The first-order chi connectivity index (χ1) is 9.20. The minimum Gasteiger partial charge on any atom is -0.361 e. The second-order valence-corrected chi connectivity index (χ2v) is 5.59. The van der Waals surface area contributed by atoms with E-state index in [4.69, 9.17) is 4.52 Å². The summed E-state index contributed by atoms with van der Waals surface area (Å²) in [6.07, 6.45) is 2.45. The van der Waals surface area contributed by atoms with Crippen LogP contribution in [0.1, 0.15) is 41.3 Å². The van der Waals surface area contributed by atoms with Crippen molar-refractivity contribution in [3.63, 3.8) is 0 Å². The van der Waals surface area contributed by atoms with Crippen LogP contribution >= 0.6 is 0 Å². The van der Waals surface area contributed by atoms with Crippen molar-refractivity contribution in [2.45, 2.75) is 45.2 Å². The van der Waals surface area contributed by atoms with Gasteiger partial charge in [0.25, 0.3) is 0 Å². The molecule has 0 unspecified atom stereocenters. The summed E-state index contributed by atoms with van der Waals surface area (Å²) in [7, 11) is 0. The quantitative estimate of drug-likeness (QED) is 0.911. The average molecular weight is 256 g/mol. The number of hydrogen-bond donors (Lipinski definition) is 1. The van der Waals surface area contributed by atoms with Crippen LogP contribution in [-0.4, -0.2) is 11.2 Å². The Morgan fingerprint density at radius 2 is 2.11 bits per heavy atom. The van der Waals surface area contributed by atoms with Crippen LogP contribution in [0.2, 0.25) is 0 Å². The molecule has 0 atom stereocenters. The Bertz CT molecular complexity index is 555. The molecule has 3 rings (SSSR count). The Balaban J connectivity index is 1.48. The maximum Gasteiger partial charge on any atom is 0.133 e. The van der Waals surface area contributed by atoms with Crippen LogP contribution in [-0.2, 0) is 6.54 Å². The van der Waals surface area contributed by atoms with Gasteiger partial charge in [0.1, 0.15) is 5.76 Å². The molecule has 19 heavy (non-hydrogen) atoms. The molecule has 0 saturated heterocycles. The number of nitrogens with zero attached hydrogens (tertiary/aromatic N) is 1. The van der Waals surface area contributed by atoms with Gasteiger partial charge in [-0.3, -0.25) is 0 Å². The van der Waals surface area contributed by atoms with Crippen LogP contribution in [0, 0.1) is 13.8 Å². The number of aryl methyl sites for hydroxylation is 2. The second kappa shape index (κ2) is 5.17. The zero-order valence-electron chi connectivity index (χ0n) is 11.5. The van der Waals surface area contributed by atoms with Crippen molar-refractivity contribution in [2.24, 2.45) is 0 Å². The number of hydrogen-bond acceptors (Lipinski definition) is 3. The van der Waals surface area contributed by atoms with Gasteiger partial charge in [0.05, 0.1) is 5.69 Å². The van der Waals surface area contributed by atoms with E-state index < -0.39 is 0 Å². The monoisotopic (exact) mass is 256 g/mol. The highest BCUT2D eigenvalue weighted by molar-refractivity contribution is 5.27. The van der Waals surface area contributed by atoms with E-state index in [1.165, 1.54) is 24.0 Å². The molecule has 1 saturated carbocycles. The van der Waals surface area contributed by atoms with E-state index in [-0.39, 0.29) is 0 Å². The topological polar surface area (TPSA) is 38.1 Å². The van der Waals surface area contributed by atoms with Crippen LogP contribution < -0.4 is 5.32 Å². The van der Waals surface area contributed by atoms with Crippen molar-refractivity contribution < 1.29 is 4.52 Å². The minimum atomic E-state index is 0.613. The van der Waals surface area contributed by atoms with Gasteiger partial charge in [0.15, 0.2) is 0 Å². The third-order valence-corrected chi connectivity index (χ3v) is 3.90. The van der Waals surface area contributed by atoms with Crippen molar-refractivity contribution in [3.05, 3.63) is 52.9 Å². The molecule has 1 N–H and O–H groups in total. The number of benzene rings is 1. The molecule has 0 bridgehead atoms. The predicted molar refractivity (Wildman–Crippen MR) is 75.0 cm³/mol. The highest BCUT2D eigenvalue weighted by Crippen LogP contribution is 2.37. The molecular formula is C16H20N2O. The molecule has 1 aliphatic rings. The number of nitrogens with one attached hydrogen (secondary N) is 1. The summed E-state index contributed by atoms with van der Waals surface area (Å²) in [5, 5.41) is 7.54. The Kier molecular flexibility index (Phi) is 3.38. The van der Waals surface area contributed by atoms with E-state index >= 15 is 0 Å². The predicted octanol–water partition coefficient (Wildman–Crippen LogP) is 3.33. The van der Waals surface area contributed by atoms with Crippen LogP contribution in [0.25, 0.3) is 0 Å². The molecule has 0 amide bonds. The lowest BCUT2D eigenvalue weighted by Crippen LogP contribution is -2.39. The Labute approximate surface area is 114 Å². The van der Waals surface area contributed by atoms with Crippen molar-refractivity contribution >= 4 is 0 Å². The molecule has 0 aliphatic heterocycles. The molecule has 2 aromatic rings. The summed E-state index contributed by atoms with van der Waals surface area (Å²) in [5.41, 5.74) is 3.83. The van der Waals surface area contributed by atoms with Crippen LogP contribution in [0.15, 0.2) is 34.9 Å². The van der Waals surface area contributed by atoms with E-state index in [1.807, 2.05) is 13.0 Å². The van der Waals surface area contributed by atoms with E-state index in [2.05, 4.69) is 41.7 Å². The van der Waals surface area contributed by atoms with Crippen molar-refractivity contribution in [1.29, 1.82) is 0 Å². The van der Waals surface area contributed by atoms with E-state index in [1.54, 1.807) is 0 Å². The zero-order chi connectivity index (χ0) is 13.2. The smallest absolute Gasteiger partial charge is 0.133 e. The third kappa shape index (κ3) is 2.87. The van der Waals surface area contributed by atoms with Gasteiger partial charge >= 0.3 is 0 Å². The molecule has 3 nitrogen and oxygen atoms in total. The van der Waals surface area contributed by atoms with Crippen molar-refractivity contribution in [2.75, 3.05) is 0 Å². The van der Waals surface area contributed by atoms with Gasteiger partial charge < -0.3 is 9.84 Å². The summed E-state index contributed by atoms with van der Waals surface area (Å²) >= 11 is 0. The largest absolute Gasteiger partial charge is 0.361 e. The first-order valence-electron chi connectivity index (χ1n) is 6.93. The third-order valence-electron chi connectivity index (χ3n) is 3.90. The molecular weight excluding hydrogens is 236 g/mol. The van der Waals surface area contributed by atoms with E-state index in [9.17, 15) is 0 Å². The summed E-state index contributed by atoms with van der Waals surface area (Å²) in [5.74, 6) is 1.60. The highest BCUT2D eigenvalue weighted by Gasteiger charge is 2.29. The summed E-state index contributed by atoms with van der Waals surface area (Å²) in [6, 6.07) is 11.5. The van der Waals surface area contributed by atoms with E-state index in [0.717, 1.165) is 23.9 Å². The number of aromatic nitrogens is 1. The van der Waals surface area contributed by atoms with Gasteiger partial charge in [-0.25, -0.2) is 0 Å². The Morgan fingerprint density at radius 3 is 2.79 bits per heavy atom. The maximum absolute atomic E-state index is 5.06. The van der Waals surface area contributed by atoms with Crippen LogP contribution in [0.4, 0.5) is 0 Å². The fraction of sp³-hybridized carbons (Fsp3) is 0.438. The molecule has 1 aliphatic carbocycles. The summed E-state index contributed by atoms with van der Waals surface area (Å²) in [6.45, 7) is 4.89. The lowest BCUT2D eigenvalue weighted by molar-refractivity contribution is 0.286. The Morgan fingerprint density at radius 1 is 1.26 bits per heavy atom. The molecule has 3 heteroatoms. The van der Waals surface area contributed by atoms with Crippen molar-refractivity contribution in [1.82, 2.24) is 10.5 Å². The molecule has 1 heterocycles. The number of rotatable bonds is 4. The summed E-state index contributed by atoms with van der Waals surface area (Å²) in [4.78, 5) is 0. The average Bonchev–Trinajstić information content (AvgIpc) is 2.73. The lowest BCUT2D eigenvalue weighted by Gasteiger charge is -2.36. The second-order valence-electron chi connectivity index (χ2n) is 5.59. The zero-order valence-corrected chi connectivity index (χ0v) is 11.5. The molecule has 1 fully saturated rings. The SMILES string of the molecule is Cc1cccc(C2CC(NCc3cc(C)on3)C2)c1. The molecule has 100 valence electrons. The minimum absolute atomic E-state index is 0.613. The van der Waals surface area contributed by atoms with Crippen LogP contribution in [0.3, 0.4) is 0 Å². The van der Waals surface area contributed by atoms with Gasteiger partial charge in [-0.05, 0) is 38.2 Å². The summed E-state index contributed by atoms with van der Waals surface area (Å²) < 4.78 is 5.06. The standard InChI is InChI=1S/C16H20N2O/c1-11-4-3-5-13(6-11)14-8-15(9-14)17-10-16-7-12(2)19-18-16/h3-7,14-15,17H,8-10H2,1-2H3. The first-order valence-corrected chi connectivity index (χ1v) is 6.93. The molecule has 1 aromatic carbocycles.